The van der Waals surface area contributed by atoms with E-state index in [2.05, 4.69) is 0 Å². The van der Waals surface area contributed by atoms with E-state index in [9.17, 15) is 4.79 Å². The van der Waals surface area contributed by atoms with Crippen LogP contribution < -0.4 is 4.74 Å². The lowest BCUT2D eigenvalue weighted by molar-refractivity contribution is 0.0992. The minimum atomic E-state index is 0.124. The van der Waals surface area contributed by atoms with Crippen LogP contribution in [-0.4, -0.2) is 5.78 Å². The van der Waals surface area contributed by atoms with Gasteiger partial charge in [-0.1, -0.05) is 54.2 Å². The van der Waals surface area contributed by atoms with Gasteiger partial charge in [0.15, 0.2) is 5.78 Å². The number of Topliss-reactive ketones (excluding diaryl/α,β-unsaturated/α-hetero) is 1. The molecule has 0 fully saturated rings. The summed E-state index contributed by atoms with van der Waals surface area (Å²) < 4.78 is 5.90. The maximum absolute atomic E-state index is 12.5. The molecule has 0 aliphatic carbocycles. The number of benzene rings is 3. The summed E-state index contributed by atoms with van der Waals surface area (Å²) in [7, 11) is 0. The number of hydrogen-bond donors (Lipinski definition) is 0. The normalized spacial score (nSPS) is 12.0. The summed E-state index contributed by atoms with van der Waals surface area (Å²) in [5.41, 5.74) is 1.76. The molecule has 0 unspecified atom stereocenters. The Bertz CT molecular complexity index is 872. The van der Waals surface area contributed by atoms with Crippen molar-refractivity contribution in [2.24, 2.45) is 0 Å². The van der Waals surface area contributed by atoms with Crippen LogP contribution in [0.15, 0.2) is 82.6 Å². The van der Waals surface area contributed by atoms with Crippen molar-refractivity contribution in [3.63, 3.8) is 0 Å². The molecule has 0 radical (unpaired) electrons. The van der Waals surface area contributed by atoms with E-state index in [4.69, 9.17) is 4.74 Å². The summed E-state index contributed by atoms with van der Waals surface area (Å²) in [6.45, 7) is 0. The van der Waals surface area contributed by atoms with E-state index in [1.807, 2.05) is 72.8 Å². The van der Waals surface area contributed by atoms with Crippen LogP contribution in [0.2, 0.25) is 0 Å². The molecule has 0 amide bonds. The number of carbonyl (C=O) groups is 1. The summed E-state index contributed by atoms with van der Waals surface area (Å²) in [5, 5.41) is 0. The zero-order valence-electron chi connectivity index (χ0n) is 12.4. The molecule has 0 atom stereocenters. The van der Waals surface area contributed by atoms with Gasteiger partial charge in [0.25, 0.3) is 0 Å². The van der Waals surface area contributed by atoms with Crippen molar-refractivity contribution in [2.75, 3.05) is 0 Å². The van der Waals surface area contributed by atoms with Crippen LogP contribution in [0.3, 0.4) is 0 Å². The molecule has 0 N–H and O–H groups in total. The first-order valence-electron chi connectivity index (χ1n) is 7.45. The van der Waals surface area contributed by atoms with Gasteiger partial charge in [-0.2, -0.15) is 0 Å². The smallest absolute Gasteiger partial charge is 0.167 e. The zero-order chi connectivity index (χ0) is 15.6. The van der Waals surface area contributed by atoms with Gasteiger partial charge in [0.05, 0.1) is 9.79 Å². The predicted octanol–water partition coefficient (Wildman–Crippen LogP) is 5.37. The molecule has 23 heavy (non-hydrogen) atoms. The molecule has 112 valence electrons. The van der Waals surface area contributed by atoms with Crippen LogP contribution in [0.25, 0.3) is 0 Å². The van der Waals surface area contributed by atoms with Crippen LogP contribution in [0.5, 0.6) is 11.5 Å². The lowest BCUT2D eigenvalue weighted by atomic mass is 10.0. The second-order valence-corrected chi connectivity index (χ2v) is 6.48. The Morgan fingerprint density at radius 1 is 0.826 bits per heavy atom. The number of ketones is 1. The van der Waals surface area contributed by atoms with Crippen molar-refractivity contribution in [2.45, 2.75) is 16.2 Å². The van der Waals surface area contributed by atoms with Crippen molar-refractivity contribution in [1.29, 1.82) is 0 Å². The van der Waals surface area contributed by atoms with E-state index in [1.165, 1.54) is 0 Å². The summed E-state index contributed by atoms with van der Waals surface area (Å²) in [6, 6.07) is 23.4. The van der Waals surface area contributed by atoms with E-state index >= 15 is 0 Å². The molecular formula is C20H14O2S. The quantitative estimate of drug-likeness (QED) is 0.475. The third kappa shape index (κ3) is 2.88. The second kappa shape index (κ2) is 5.94. The van der Waals surface area contributed by atoms with Crippen molar-refractivity contribution in [3.8, 4) is 11.5 Å². The van der Waals surface area contributed by atoms with Crippen molar-refractivity contribution in [1.82, 2.24) is 0 Å². The highest BCUT2D eigenvalue weighted by atomic mass is 32.2. The molecule has 2 nitrogen and oxygen atoms in total. The lowest BCUT2D eigenvalue weighted by Crippen LogP contribution is -2.04. The molecule has 0 saturated carbocycles. The number of fused-ring (bicyclic) bond motifs is 2. The van der Waals surface area contributed by atoms with Gasteiger partial charge in [0.2, 0.25) is 0 Å². The Labute approximate surface area is 139 Å². The van der Waals surface area contributed by atoms with Gasteiger partial charge in [-0.3, -0.25) is 4.79 Å². The highest BCUT2D eigenvalue weighted by molar-refractivity contribution is 7.99. The van der Waals surface area contributed by atoms with Crippen LogP contribution in [0, 0.1) is 0 Å². The van der Waals surface area contributed by atoms with Gasteiger partial charge in [0.1, 0.15) is 11.5 Å². The Kier molecular flexibility index (Phi) is 3.64. The zero-order valence-corrected chi connectivity index (χ0v) is 13.2. The fourth-order valence-corrected chi connectivity index (χ4v) is 3.57. The maximum Gasteiger partial charge on any atom is 0.167 e. The fraction of sp³-hybridized carbons (Fsp3) is 0.0500. The molecule has 1 aliphatic rings. The van der Waals surface area contributed by atoms with Crippen molar-refractivity contribution < 1.29 is 9.53 Å². The van der Waals surface area contributed by atoms with Crippen LogP contribution in [0.4, 0.5) is 0 Å². The topological polar surface area (TPSA) is 26.3 Å². The summed E-state index contributed by atoms with van der Waals surface area (Å²) >= 11 is 1.64. The third-order valence-corrected chi connectivity index (χ3v) is 4.86. The highest BCUT2D eigenvalue weighted by Gasteiger charge is 2.19. The molecule has 3 heteroatoms. The van der Waals surface area contributed by atoms with E-state index in [0.717, 1.165) is 32.4 Å². The number of hydrogen-bond acceptors (Lipinski definition) is 3. The molecule has 1 aliphatic heterocycles. The SMILES string of the molecule is O=C(Cc1ccccc1)c1ccc2c(c1)Sc1ccccc1O2. The van der Waals surface area contributed by atoms with Crippen molar-refractivity contribution in [3.05, 3.63) is 83.9 Å². The third-order valence-electron chi connectivity index (χ3n) is 3.76. The van der Waals surface area contributed by atoms with Crippen LogP contribution in [0.1, 0.15) is 15.9 Å². The Morgan fingerprint density at radius 2 is 1.57 bits per heavy atom. The first-order chi connectivity index (χ1) is 11.3. The first kappa shape index (κ1) is 14.1. The van der Waals surface area contributed by atoms with Crippen LogP contribution in [-0.2, 0) is 6.42 Å². The van der Waals surface area contributed by atoms with E-state index in [0.29, 0.717) is 6.42 Å². The molecule has 4 rings (SSSR count). The lowest BCUT2D eigenvalue weighted by Gasteiger charge is -2.19. The highest BCUT2D eigenvalue weighted by Crippen LogP contribution is 2.46. The van der Waals surface area contributed by atoms with Gasteiger partial charge >= 0.3 is 0 Å². The summed E-state index contributed by atoms with van der Waals surface area (Å²) in [5.74, 6) is 1.80. The average Bonchev–Trinajstić information content (AvgIpc) is 2.60. The Morgan fingerprint density at radius 3 is 2.43 bits per heavy atom. The largest absolute Gasteiger partial charge is 0.455 e. The molecule has 0 aromatic heterocycles. The molecule has 1 heterocycles. The monoisotopic (exact) mass is 318 g/mol. The van der Waals surface area contributed by atoms with Gasteiger partial charge < -0.3 is 4.74 Å². The number of ether oxygens (including phenoxy) is 1. The second-order valence-electron chi connectivity index (χ2n) is 5.40. The van der Waals surface area contributed by atoms with Gasteiger partial charge in [-0.25, -0.2) is 0 Å². The minimum Gasteiger partial charge on any atom is -0.455 e. The molecule has 3 aromatic carbocycles. The van der Waals surface area contributed by atoms with Crippen LogP contribution >= 0.6 is 11.8 Å². The molecule has 0 saturated heterocycles. The summed E-state index contributed by atoms with van der Waals surface area (Å²) in [6.07, 6.45) is 0.418. The van der Waals surface area contributed by atoms with Gasteiger partial charge in [-0.05, 0) is 35.9 Å². The van der Waals surface area contributed by atoms with Crippen molar-refractivity contribution >= 4 is 17.5 Å². The Balaban J connectivity index is 1.60. The van der Waals surface area contributed by atoms with Gasteiger partial charge in [0, 0.05) is 12.0 Å². The molecular weight excluding hydrogens is 304 g/mol. The number of para-hydroxylation sites is 1. The number of rotatable bonds is 3. The Hall–Kier alpha value is -2.52. The average molecular weight is 318 g/mol. The maximum atomic E-state index is 12.5. The molecule has 3 aromatic rings. The number of carbonyl (C=O) groups excluding carboxylic acids is 1. The summed E-state index contributed by atoms with van der Waals surface area (Å²) in [4.78, 5) is 14.6. The fourth-order valence-electron chi connectivity index (χ4n) is 2.58. The van der Waals surface area contributed by atoms with E-state index < -0.39 is 0 Å². The molecule has 0 spiro atoms. The van der Waals surface area contributed by atoms with E-state index in [-0.39, 0.29) is 5.78 Å². The van der Waals surface area contributed by atoms with Gasteiger partial charge in [-0.15, -0.1) is 0 Å². The van der Waals surface area contributed by atoms with E-state index in [1.54, 1.807) is 11.8 Å². The molecule has 0 bridgehead atoms. The first-order valence-corrected chi connectivity index (χ1v) is 8.27. The standard InChI is InChI=1S/C20H14O2S/c21-16(12-14-6-2-1-3-7-14)15-10-11-18-20(13-15)23-19-9-5-4-8-17(19)22-18/h1-11,13H,12H2. The minimum absolute atomic E-state index is 0.124. The predicted molar refractivity (Wildman–Crippen MR) is 91.6 cm³/mol.